The van der Waals surface area contributed by atoms with Gasteiger partial charge < -0.3 is 24.9 Å². The van der Waals surface area contributed by atoms with E-state index in [0.717, 1.165) is 0 Å². The monoisotopic (exact) mass is 262 g/mol. The molecule has 0 saturated carbocycles. The maximum Gasteiger partial charge on any atom is 1.00 e. The molecule has 2 N–H and O–H groups in total. The number of hydrogen-bond donors (Lipinski definition) is 2. The number of hydrogen-bond acceptors (Lipinski definition) is 5. The number of rotatable bonds is 3. The van der Waals surface area contributed by atoms with Crippen molar-refractivity contribution < 1.29 is 84.0 Å². The van der Waals surface area contributed by atoms with E-state index >= 15 is 0 Å². The number of benzene rings is 1. The normalized spacial score (nSPS) is 14.3. The topological polar surface area (TPSA) is 110 Å². The zero-order chi connectivity index (χ0) is 10.8. The zero-order valence-electron chi connectivity index (χ0n) is 9.11. The molecule has 0 aliphatic rings. The van der Waals surface area contributed by atoms with Crippen molar-refractivity contribution in [2.24, 2.45) is 0 Å². The Kier molecular flexibility index (Phi) is 10.6. The third kappa shape index (κ3) is 5.87. The van der Waals surface area contributed by atoms with Crippen LogP contribution in [0.15, 0.2) is 30.3 Å². The number of aliphatic hydroxyl groups excluding tert-OH is 2. The molecule has 0 aromatic heterocycles. The standard InChI is InChI=1S/C8H11O5P.2Na/c9-7(8(10)14(11,12)13)6-4-2-1-3-5-6;;/h1-5,7-10H,(H2,11,12,13);;/q;2*+1/p-2/t7-,8-;;/m0../s1. The first kappa shape index (κ1) is 19.8. The summed E-state index contributed by atoms with van der Waals surface area (Å²) in [5.41, 5.74) is 0.187. The summed E-state index contributed by atoms with van der Waals surface area (Å²) in [5.74, 6) is -2.30. The molecule has 0 heterocycles. The van der Waals surface area contributed by atoms with Crippen LogP contribution in [-0.2, 0) is 0 Å². The zero-order valence-corrected chi connectivity index (χ0v) is 14.0. The van der Waals surface area contributed by atoms with Crippen molar-refractivity contribution in [1.29, 1.82) is 0 Å². The van der Waals surface area contributed by atoms with Gasteiger partial charge in [-0.3, -0.25) is 0 Å². The van der Waals surface area contributed by atoms with Crippen LogP contribution in [0.5, 0.6) is 0 Å². The average molecular weight is 262 g/mol. The van der Waals surface area contributed by atoms with Crippen LogP contribution < -0.4 is 73.8 Å². The Morgan fingerprint density at radius 2 is 1.38 bits per heavy atom. The van der Waals surface area contributed by atoms with Gasteiger partial charge in [0.05, 0.1) is 0 Å². The minimum absolute atomic E-state index is 0. The van der Waals surface area contributed by atoms with E-state index in [1.165, 1.54) is 12.1 Å². The van der Waals surface area contributed by atoms with Gasteiger partial charge >= 0.3 is 59.1 Å². The summed E-state index contributed by atoms with van der Waals surface area (Å²) >= 11 is 0. The summed E-state index contributed by atoms with van der Waals surface area (Å²) in [6, 6.07) is 7.63. The van der Waals surface area contributed by atoms with Crippen molar-refractivity contribution >= 4 is 7.94 Å². The van der Waals surface area contributed by atoms with Crippen molar-refractivity contribution in [2.45, 2.75) is 11.9 Å². The summed E-state index contributed by atoms with van der Waals surface area (Å²) in [6.45, 7) is 0. The Balaban J connectivity index is 0. The second-order valence-electron chi connectivity index (χ2n) is 2.81. The predicted molar refractivity (Wildman–Crippen MR) is 44.3 cm³/mol. The van der Waals surface area contributed by atoms with Crippen LogP contribution in [0.3, 0.4) is 0 Å². The van der Waals surface area contributed by atoms with E-state index < -0.39 is 19.9 Å². The van der Waals surface area contributed by atoms with Gasteiger partial charge in [0.25, 0.3) is 0 Å². The quantitative estimate of drug-likeness (QED) is 0.415. The molecule has 1 rings (SSSR count). The Morgan fingerprint density at radius 1 is 0.938 bits per heavy atom. The molecule has 5 nitrogen and oxygen atoms in total. The molecule has 16 heavy (non-hydrogen) atoms. The fourth-order valence-electron chi connectivity index (χ4n) is 0.995. The predicted octanol–water partition coefficient (Wildman–Crippen LogP) is -8.11. The SMILES string of the molecule is [Na+].[Na+].[O-][P+]([O-])([O-])[C@H](O)[C@@H](O)c1ccccc1. The molecule has 2 atom stereocenters. The van der Waals surface area contributed by atoms with Crippen LogP contribution >= 0.6 is 7.94 Å². The van der Waals surface area contributed by atoms with E-state index in [9.17, 15) is 19.8 Å². The van der Waals surface area contributed by atoms with Crippen molar-refractivity contribution in [3.8, 4) is 0 Å². The van der Waals surface area contributed by atoms with Gasteiger partial charge in [-0.1, -0.05) is 30.3 Å². The molecule has 0 unspecified atom stereocenters. The van der Waals surface area contributed by atoms with Crippen molar-refractivity contribution in [1.82, 2.24) is 0 Å². The van der Waals surface area contributed by atoms with Gasteiger partial charge in [-0.15, -0.1) is 7.94 Å². The smallest absolute Gasteiger partial charge is 0.686 e. The largest absolute Gasteiger partial charge is 1.00 e. The molecule has 0 amide bonds. The molecule has 0 saturated heterocycles. The van der Waals surface area contributed by atoms with Crippen LogP contribution in [0.25, 0.3) is 0 Å². The second-order valence-corrected chi connectivity index (χ2v) is 4.42. The Labute approximate surface area is 138 Å². The summed E-state index contributed by atoms with van der Waals surface area (Å²) < 4.78 is 0. The van der Waals surface area contributed by atoms with Crippen LogP contribution in [0.1, 0.15) is 11.7 Å². The van der Waals surface area contributed by atoms with Gasteiger partial charge in [0, 0.05) is 0 Å². The van der Waals surface area contributed by atoms with Gasteiger partial charge in [-0.2, -0.15) is 0 Å². The van der Waals surface area contributed by atoms with E-state index in [2.05, 4.69) is 0 Å². The summed E-state index contributed by atoms with van der Waals surface area (Å²) in [4.78, 5) is 31.2. The van der Waals surface area contributed by atoms with Gasteiger partial charge in [0.15, 0.2) is 5.85 Å². The van der Waals surface area contributed by atoms with Crippen molar-refractivity contribution in [3.63, 3.8) is 0 Å². The summed E-state index contributed by atoms with van der Waals surface area (Å²) in [7, 11) is -5.17. The number of aliphatic hydroxyl groups is 2. The van der Waals surface area contributed by atoms with Gasteiger partial charge in [0.1, 0.15) is 6.10 Å². The minimum Gasteiger partial charge on any atom is -0.686 e. The summed E-state index contributed by atoms with van der Waals surface area (Å²) in [6.07, 6.45) is -1.70. The van der Waals surface area contributed by atoms with E-state index in [0.29, 0.717) is 0 Å². The maximum absolute atomic E-state index is 10.4. The van der Waals surface area contributed by atoms with E-state index in [-0.39, 0.29) is 64.7 Å². The van der Waals surface area contributed by atoms with E-state index in [4.69, 9.17) is 5.11 Å². The first-order valence-electron chi connectivity index (χ1n) is 3.86. The molecule has 78 valence electrons. The molecule has 0 aliphatic carbocycles. The first-order valence-corrected chi connectivity index (χ1v) is 5.47. The van der Waals surface area contributed by atoms with E-state index in [1.807, 2.05) is 0 Å². The Morgan fingerprint density at radius 3 is 1.75 bits per heavy atom. The maximum atomic E-state index is 10.4. The minimum atomic E-state index is -5.17. The van der Waals surface area contributed by atoms with Crippen LogP contribution in [-0.4, -0.2) is 16.1 Å². The molecule has 0 aliphatic heterocycles. The molecule has 0 bridgehead atoms. The Hall–Kier alpha value is 1.45. The molecular weight excluding hydrogens is 253 g/mol. The fraction of sp³-hybridized carbons (Fsp3) is 0.250. The molecule has 0 fully saturated rings. The first-order chi connectivity index (χ1) is 6.43. The molecule has 1 aromatic rings. The second kappa shape index (κ2) is 8.53. The summed E-state index contributed by atoms with van der Waals surface area (Å²) in [5, 5.41) is 18.3. The van der Waals surface area contributed by atoms with Gasteiger partial charge in [-0.05, 0) is 5.56 Å². The van der Waals surface area contributed by atoms with Crippen molar-refractivity contribution in [3.05, 3.63) is 35.9 Å². The molecular formula is C8H9Na2O5P. The Bertz CT molecular complexity index is 292. The van der Waals surface area contributed by atoms with Crippen molar-refractivity contribution in [2.75, 3.05) is 0 Å². The third-order valence-electron chi connectivity index (χ3n) is 1.75. The van der Waals surface area contributed by atoms with Crippen LogP contribution in [0.4, 0.5) is 0 Å². The van der Waals surface area contributed by atoms with Crippen LogP contribution in [0, 0.1) is 0 Å². The van der Waals surface area contributed by atoms with Gasteiger partial charge in [0.2, 0.25) is 0 Å². The average Bonchev–Trinajstić information content (AvgIpc) is 2.15. The third-order valence-corrected chi connectivity index (χ3v) is 2.68. The van der Waals surface area contributed by atoms with Crippen LogP contribution in [0.2, 0.25) is 0 Å². The molecule has 0 radical (unpaired) electrons. The van der Waals surface area contributed by atoms with E-state index in [1.54, 1.807) is 18.2 Å². The van der Waals surface area contributed by atoms with Gasteiger partial charge in [-0.25, -0.2) is 0 Å². The fourth-order valence-corrected chi connectivity index (χ4v) is 1.51. The molecule has 1 aromatic carbocycles. The molecule has 8 heteroatoms. The molecule has 0 spiro atoms.